The molecule has 23 heavy (non-hydrogen) atoms. The Labute approximate surface area is 132 Å². The van der Waals surface area contributed by atoms with Crippen LogP contribution in [0.5, 0.6) is 5.75 Å². The fourth-order valence-electron chi connectivity index (χ4n) is 2.60. The molecule has 1 aromatic carbocycles. The van der Waals surface area contributed by atoms with Gasteiger partial charge in [-0.25, -0.2) is 0 Å². The van der Waals surface area contributed by atoms with Crippen molar-refractivity contribution in [3.63, 3.8) is 0 Å². The van der Waals surface area contributed by atoms with E-state index in [2.05, 4.69) is 0 Å². The van der Waals surface area contributed by atoms with Crippen molar-refractivity contribution in [3.8, 4) is 5.75 Å². The Morgan fingerprint density at radius 2 is 1.78 bits per heavy atom. The summed E-state index contributed by atoms with van der Waals surface area (Å²) in [7, 11) is 1.55. The van der Waals surface area contributed by atoms with Gasteiger partial charge >= 0.3 is 0 Å². The fraction of sp³-hybridized carbons (Fsp3) is 0.0588. The number of rotatable bonds is 4. The molecule has 0 bridgehead atoms. The van der Waals surface area contributed by atoms with E-state index in [0.717, 1.165) is 0 Å². The van der Waals surface area contributed by atoms with Crippen molar-refractivity contribution in [2.24, 2.45) is 5.73 Å². The van der Waals surface area contributed by atoms with Gasteiger partial charge in [0.2, 0.25) is 5.78 Å². The number of primary amides is 1. The van der Waals surface area contributed by atoms with Gasteiger partial charge in [0.05, 0.1) is 23.9 Å². The molecule has 1 amide bonds. The van der Waals surface area contributed by atoms with Gasteiger partial charge in [0.25, 0.3) is 5.91 Å². The average Bonchev–Trinajstić information content (AvgIpc) is 2.86. The van der Waals surface area contributed by atoms with Crippen LogP contribution >= 0.6 is 0 Å². The van der Waals surface area contributed by atoms with Crippen LogP contribution in [0.25, 0.3) is 5.52 Å². The minimum absolute atomic E-state index is 0.0875. The number of nitrogens with zero attached hydrogens (tertiary/aromatic N) is 1. The van der Waals surface area contributed by atoms with Crippen molar-refractivity contribution < 1.29 is 14.3 Å². The number of carbonyl (C=O) groups excluding carboxylic acids is 2. The number of anilines is 1. The van der Waals surface area contributed by atoms with E-state index < -0.39 is 5.91 Å². The van der Waals surface area contributed by atoms with E-state index in [1.165, 1.54) is 0 Å². The number of amides is 1. The first kappa shape index (κ1) is 14.6. The summed E-state index contributed by atoms with van der Waals surface area (Å²) in [5.41, 5.74) is 12.9. The number of methoxy groups -OCH3 is 1. The Kier molecular flexibility index (Phi) is 3.50. The second kappa shape index (κ2) is 5.49. The molecule has 6 nitrogen and oxygen atoms in total. The molecular weight excluding hydrogens is 294 g/mol. The number of benzene rings is 1. The van der Waals surface area contributed by atoms with Gasteiger partial charge in [-0.2, -0.15) is 0 Å². The number of hydrogen-bond acceptors (Lipinski definition) is 4. The van der Waals surface area contributed by atoms with Gasteiger partial charge in [0.1, 0.15) is 11.4 Å². The van der Waals surface area contributed by atoms with Gasteiger partial charge in [-0.3, -0.25) is 9.59 Å². The van der Waals surface area contributed by atoms with Crippen LogP contribution in [0.4, 0.5) is 5.69 Å². The van der Waals surface area contributed by atoms with Crippen molar-refractivity contribution in [3.05, 3.63) is 65.5 Å². The van der Waals surface area contributed by atoms with Crippen molar-refractivity contribution in [1.82, 2.24) is 4.40 Å². The molecular formula is C17H15N3O3. The molecule has 6 heteroatoms. The Morgan fingerprint density at radius 3 is 2.39 bits per heavy atom. The first-order valence-electron chi connectivity index (χ1n) is 6.91. The van der Waals surface area contributed by atoms with Crippen molar-refractivity contribution >= 4 is 22.9 Å². The maximum Gasteiger partial charge on any atom is 0.253 e. The maximum absolute atomic E-state index is 12.8. The molecule has 0 unspecified atom stereocenters. The van der Waals surface area contributed by atoms with Crippen LogP contribution in [0.15, 0.2) is 48.7 Å². The number of ketones is 1. The lowest BCUT2D eigenvalue weighted by Crippen LogP contribution is -2.13. The molecule has 2 heterocycles. The Morgan fingerprint density at radius 1 is 1.09 bits per heavy atom. The topological polar surface area (TPSA) is 99.8 Å². The highest BCUT2D eigenvalue weighted by atomic mass is 16.5. The van der Waals surface area contributed by atoms with E-state index in [0.29, 0.717) is 16.8 Å². The van der Waals surface area contributed by atoms with E-state index in [-0.39, 0.29) is 22.7 Å². The number of nitrogen functional groups attached to an aromatic ring is 1. The molecule has 0 fully saturated rings. The van der Waals surface area contributed by atoms with Crippen molar-refractivity contribution in [2.75, 3.05) is 12.8 Å². The predicted molar refractivity (Wildman–Crippen MR) is 86.8 cm³/mol. The van der Waals surface area contributed by atoms with E-state index in [4.69, 9.17) is 16.2 Å². The lowest BCUT2D eigenvalue weighted by Gasteiger charge is -2.05. The Hall–Kier alpha value is -3.28. The van der Waals surface area contributed by atoms with Crippen LogP contribution in [0, 0.1) is 0 Å². The minimum Gasteiger partial charge on any atom is -0.497 e. The van der Waals surface area contributed by atoms with Gasteiger partial charge in [0, 0.05) is 11.8 Å². The van der Waals surface area contributed by atoms with Crippen molar-refractivity contribution in [1.29, 1.82) is 0 Å². The molecule has 0 saturated heterocycles. The molecule has 4 N–H and O–H groups in total. The first-order valence-corrected chi connectivity index (χ1v) is 6.91. The predicted octanol–water partition coefficient (Wildman–Crippen LogP) is 1.86. The summed E-state index contributed by atoms with van der Waals surface area (Å²) in [6.45, 7) is 0. The minimum atomic E-state index is -0.667. The lowest BCUT2D eigenvalue weighted by atomic mass is 10.1. The standard InChI is InChI=1S/C17H15N3O3/c1-23-11-7-5-10(6-8-11)16(21)15-14(18)13(17(19)22)12-4-2-3-9-20(12)15/h2-9H,18H2,1H3,(H2,19,22). The number of fused-ring (bicyclic) bond motifs is 1. The quantitative estimate of drug-likeness (QED) is 0.718. The third-order valence-corrected chi connectivity index (χ3v) is 3.70. The summed E-state index contributed by atoms with van der Waals surface area (Å²) in [4.78, 5) is 24.5. The third-order valence-electron chi connectivity index (χ3n) is 3.70. The molecule has 0 aliphatic heterocycles. The van der Waals surface area contributed by atoms with Crippen LogP contribution in [-0.4, -0.2) is 23.2 Å². The number of pyridine rings is 1. The smallest absolute Gasteiger partial charge is 0.253 e. The fourth-order valence-corrected chi connectivity index (χ4v) is 2.60. The number of nitrogens with two attached hydrogens (primary N) is 2. The first-order chi connectivity index (χ1) is 11.0. The van der Waals surface area contributed by atoms with Gasteiger partial charge < -0.3 is 20.6 Å². The highest BCUT2D eigenvalue weighted by Crippen LogP contribution is 2.28. The zero-order valence-corrected chi connectivity index (χ0v) is 12.4. The van der Waals surface area contributed by atoms with Crippen LogP contribution < -0.4 is 16.2 Å². The van der Waals surface area contributed by atoms with Crippen LogP contribution in [0.1, 0.15) is 26.4 Å². The van der Waals surface area contributed by atoms with Gasteiger partial charge in [-0.05, 0) is 36.4 Å². The van der Waals surface area contributed by atoms with Crippen LogP contribution in [-0.2, 0) is 0 Å². The number of carbonyl (C=O) groups is 2. The molecule has 0 radical (unpaired) electrons. The normalized spacial score (nSPS) is 10.7. The SMILES string of the molecule is COc1ccc(C(=O)c2c(N)c(C(N)=O)c3ccccn23)cc1. The summed E-state index contributed by atoms with van der Waals surface area (Å²) in [6.07, 6.45) is 1.68. The summed E-state index contributed by atoms with van der Waals surface area (Å²) >= 11 is 0. The highest BCUT2D eigenvalue weighted by molar-refractivity contribution is 6.17. The molecule has 3 aromatic rings. The number of ether oxygens (including phenoxy) is 1. The molecule has 0 spiro atoms. The second-order valence-electron chi connectivity index (χ2n) is 5.02. The zero-order valence-electron chi connectivity index (χ0n) is 12.4. The zero-order chi connectivity index (χ0) is 16.6. The van der Waals surface area contributed by atoms with Gasteiger partial charge in [-0.1, -0.05) is 6.07 Å². The summed E-state index contributed by atoms with van der Waals surface area (Å²) in [5, 5.41) is 0. The monoisotopic (exact) mass is 309 g/mol. The third kappa shape index (κ3) is 2.30. The molecule has 3 rings (SSSR count). The molecule has 0 aliphatic rings. The molecule has 2 aromatic heterocycles. The van der Waals surface area contributed by atoms with Gasteiger partial charge in [-0.15, -0.1) is 0 Å². The molecule has 0 atom stereocenters. The largest absolute Gasteiger partial charge is 0.497 e. The number of hydrogen-bond donors (Lipinski definition) is 2. The Bertz CT molecular complexity index is 911. The summed E-state index contributed by atoms with van der Waals surface area (Å²) in [5.74, 6) is -0.314. The number of aromatic nitrogens is 1. The lowest BCUT2D eigenvalue weighted by molar-refractivity contribution is 0.100. The maximum atomic E-state index is 12.8. The van der Waals surface area contributed by atoms with Crippen molar-refractivity contribution in [2.45, 2.75) is 0 Å². The van der Waals surface area contributed by atoms with E-state index in [9.17, 15) is 9.59 Å². The van der Waals surface area contributed by atoms with E-state index in [1.807, 2.05) is 0 Å². The molecule has 0 aliphatic carbocycles. The van der Waals surface area contributed by atoms with E-state index in [1.54, 1.807) is 60.2 Å². The molecule has 0 saturated carbocycles. The second-order valence-corrected chi connectivity index (χ2v) is 5.02. The van der Waals surface area contributed by atoms with Crippen LogP contribution in [0.2, 0.25) is 0 Å². The summed E-state index contributed by atoms with van der Waals surface area (Å²) < 4.78 is 6.67. The highest BCUT2D eigenvalue weighted by Gasteiger charge is 2.24. The average molecular weight is 309 g/mol. The molecule has 116 valence electrons. The van der Waals surface area contributed by atoms with Gasteiger partial charge in [0.15, 0.2) is 0 Å². The summed E-state index contributed by atoms with van der Waals surface area (Å²) in [6, 6.07) is 11.9. The van der Waals surface area contributed by atoms with E-state index >= 15 is 0 Å². The Balaban J connectivity index is 2.20. The van der Waals surface area contributed by atoms with Crippen LogP contribution in [0.3, 0.4) is 0 Å².